The standard InChI is InChI=1S/C12H21N3O2S/c1-9-14-10-7-13-6-5-11(10)15(9)8-12(2,3)18(4,16)17/h13H,5-8H2,1-4H3. The minimum absolute atomic E-state index is 0.472. The fourth-order valence-electron chi connectivity index (χ4n) is 2.21. The van der Waals surface area contributed by atoms with Crippen molar-refractivity contribution in [2.24, 2.45) is 0 Å². The van der Waals surface area contributed by atoms with E-state index in [1.807, 2.05) is 6.92 Å². The molecule has 0 saturated heterocycles. The van der Waals surface area contributed by atoms with Crippen molar-refractivity contribution >= 4 is 9.84 Å². The van der Waals surface area contributed by atoms with Gasteiger partial charge in [0.25, 0.3) is 0 Å². The first-order chi connectivity index (χ1) is 8.22. The summed E-state index contributed by atoms with van der Waals surface area (Å²) in [5.74, 6) is 0.903. The van der Waals surface area contributed by atoms with Crippen molar-refractivity contribution in [3.63, 3.8) is 0 Å². The highest BCUT2D eigenvalue weighted by Crippen LogP contribution is 2.23. The number of hydrogen-bond acceptors (Lipinski definition) is 4. The molecule has 102 valence electrons. The van der Waals surface area contributed by atoms with Crippen LogP contribution in [0.15, 0.2) is 0 Å². The number of nitrogens with one attached hydrogen (secondary N) is 1. The zero-order valence-electron chi connectivity index (χ0n) is 11.4. The lowest BCUT2D eigenvalue weighted by Gasteiger charge is -2.26. The zero-order valence-corrected chi connectivity index (χ0v) is 12.3. The number of nitrogens with zero attached hydrogens (tertiary/aromatic N) is 2. The Morgan fingerprint density at radius 1 is 1.44 bits per heavy atom. The molecule has 1 aliphatic rings. The van der Waals surface area contributed by atoms with E-state index in [0.29, 0.717) is 6.54 Å². The van der Waals surface area contributed by atoms with Crippen LogP contribution >= 0.6 is 0 Å². The predicted octanol–water partition coefficient (Wildman–Crippen LogP) is 0.660. The lowest BCUT2D eigenvalue weighted by molar-refractivity contribution is 0.483. The number of aryl methyl sites for hydroxylation is 1. The molecule has 1 aromatic rings. The molecule has 5 nitrogen and oxygen atoms in total. The normalized spacial score (nSPS) is 16.7. The van der Waals surface area contributed by atoms with Crippen LogP contribution in [0.25, 0.3) is 0 Å². The molecular formula is C12H21N3O2S. The summed E-state index contributed by atoms with van der Waals surface area (Å²) in [7, 11) is -3.09. The minimum Gasteiger partial charge on any atom is -0.330 e. The van der Waals surface area contributed by atoms with Crippen molar-refractivity contribution in [1.82, 2.24) is 14.9 Å². The smallest absolute Gasteiger partial charge is 0.154 e. The van der Waals surface area contributed by atoms with Crippen LogP contribution in [0, 0.1) is 6.92 Å². The van der Waals surface area contributed by atoms with E-state index < -0.39 is 14.6 Å². The molecule has 0 amide bonds. The maximum absolute atomic E-state index is 11.8. The molecule has 0 fully saturated rings. The summed E-state index contributed by atoms with van der Waals surface area (Å²) in [6.45, 7) is 7.67. The molecule has 0 aromatic carbocycles. The number of rotatable bonds is 3. The number of sulfone groups is 1. The molecular weight excluding hydrogens is 250 g/mol. The molecule has 0 saturated carbocycles. The van der Waals surface area contributed by atoms with Gasteiger partial charge < -0.3 is 9.88 Å². The van der Waals surface area contributed by atoms with E-state index >= 15 is 0 Å². The summed E-state index contributed by atoms with van der Waals surface area (Å²) < 4.78 is 24.9. The van der Waals surface area contributed by atoms with Crippen LogP contribution in [0.1, 0.15) is 31.1 Å². The van der Waals surface area contributed by atoms with Crippen LogP contribution < -0.4 is 5.32 Å². The van der Waals surface area contributed by atoms with Gasteiger partial charge in [-0.2, -0.15) is 0 Å². The molecule has 1 N–H and O–H groups in total. The Morgan fingerprint density at radius 2 is 2.11 bits per heavy atom. The van der Waals surface area contributed by atoms with Gasteiger partial charge >= 0.3 is 0 Å². The summed E-state index contributed by atoms with van der Waals surface area (Å²) in [6, 6.07) is 0. The molecule has 2 rings (SSSR count). The van der Waals surface area contributed by atoms with Crippen molar-refractivity contribution in [1.29, 1.82) is 0 Å². The lowest BCUT2D eigenvalue weighted by atomic mass is 10.1. The highest BCUT2D eigenvalue weighted by molar-refractivity contribution is 7.92. The van der Waals surface area contributed by atoms with E-state index in [1.54, 1.807) is 13.8 Å². The van der Waals surface area contributed by atoms with Crippen LogP contribution in [0.5, 0.6) is 0 Å². The zero-order chi connectivity index (χ0) is 13.6. The number of aromatic nitrogens is 2. The fraction of sp³-hybridized carbons (Fsp3) is 0.750. The molecule has 1 aromatic heterocycles. The largest absolute Gasteiger partial charge is 0.330 e. The SMILES string of the molecule is Cc1nc2c(n1CC(C)(C)S(C)(=O)=O)CCNC2. The molecule has 0 spiro atoms. The third kappa shape index (κ3) is 2.31. The second-order valence-electron chi connectivity index (χ2n) is 5.60. The van der Waals surface area contributed by atoms with Gasteiger partial charge in [0.05, 0.1) is 10.4 Å². The van der Waals surface area contributed by atoms with Gasteiger partial charge in [-0.25, -0.2) is 13.4 Å². The highest BCUT2D eigenvalue weighted by Gasteiger charge is 2.32. The average molecular weight is 271 g/mol. The molecule has 6 heteroatoms. The van der Waals surface area contributed by atoms with Gasteiger partial charge in [-0.15, -0.1) is 0 Å². The van der Waals surface area contributed by atoms with Crippen molar-refractivity contribution < 1.29 is 8.42 Å². The molecule has 0 aliphatic carbocycles. The van der Waals surface area contributed by atoms with Gasteiger partial charge in [0.2, 0.25) is 0 Å². The fourth-order valence-corrected chi connectivity index (χ4v) is 2.58. The van der Waals surface area contributed by atoms with Crippen LogP contribution in [0.2, 0.25) is 0 Å². The summed E-state index contributed by atoms with van der Waals surface area (Å²) >= 11 is 0. The highest BCUT2D eigenvalue weighted by atomic mass is 32.2. The van der Waals surface area contributed by atoms with Crippen molar-refractivity contribution in [2.45, 2.75) is 45.0 Å². The number of hydrogen-bond donors (Lipinski definition) is 1. The molecule has 2 heterocycles. The molecule has 0 unspecified atom stereocenters. The Kier molecular flexibility index (Phi) is 3.27. The van der Waals surface area contributed by atoms with E-state index in [9.17, 15) is 8.42 Å². The lowest BCUT2D eigenvalue weighted by Crippen LogP contribution is -2.37. The van der Waals surface area contributed by atoms with E-state index in [4.69, 9.17) is 0 Å². The van der Waals surface area contributed by atoms with Gasteiger partial charge in [-0.05, 0) is 20.8 Å². The van der Waals surface area contributed by atoms with Crippen molar-refractivity contribution in [3.8, 4) is 0 Å². The molecule has 0 atom stereocenters. The van der Waals surface area contributed by atoms with E-state index in [0.717, 1.165) is 31.0 Å². The third-order valence-electron chi connectivity index (χ3n) is 3.72. The summed E-state index contributed by atoms with van der Waals surface area (Å²) in [4.78, 5) is 4.52. The first kappa shape index (κ1) is 13.5. The van der Waals surface area contributed by atoms with E-state index in [2.05, 4.69) is 14.9 Å². The Balaban J connectivity index is 2.38. The Hall–Kier alpha value is -0.880. The Morgan fingerprint density at radius 3 is 2.72 bits per heavy atom. The van der Waals surface area contributed by atoms with E-state index in [1.165, 1.54) is 11.9 Å². The Labute approximate surface area is 109 Å². The van der Waals surface area contributed by atoms with Crippen molar-refractivity contribution in [2.75, 3.05) is 12.8 Å². The van der Waals surface area contributed by atoms with Crippen LogP contribution in [0.3, 0.4) is 0 Å². The maximum atomic E-state index is 11.8. The van der Waals surface area contributed by atoms with Gasteiger partial charge in [0.1, 0.15) is 5.82 Å². The van der Waals surface area contributed by atoms with E-state index in [-0.39, 0.29) is 0 Å². The minimum atomic E-state index is -3.09. The second-order valence-corrected chi connectivity index (χ2v) is 8.25. The number of imidazole rings is 1. The van der Waals surface area contributed by atoms with Crippen molar-refractivity contribution in [3.05, 3.63) is 17.2 Å². The Bertz CT molecular complexity index is 558. The molecule has 0 radical (unpaired) electrons. The van der Waals surface area contributed by atoms with Gasteiger partial charge in [-0.3, -0.25) is 0 Å². The third-order valence-corrected chi connectivity index (χ3v) is 5.86. The predicted molar refractivity (Wildman–Crippen MR) is 71.3 cm³/mol. The van der Waals surface area contributed by atoms with Crippen LogP contribution in [-0.2, 0) is 29.3 Å². The quantitative estimate of drug-likeness (QED) is 0.877. The summed E-state index contributed by atoms with van der Waals surface area (Å²) in [6.07, 6.45) is 2.21. The summed E-state index contributed by atoms with van der Waals surface area (Å²) in [5.41, 5.74) is 2.24. The first-order valence-electron chi connectivity index (χ1n) is 6.17. The maximum Gasteiger partial charge on any atom is 0.154 e. The monoisotopic (exact) mass is 271 g/mol. The van der Waals surface area contributed by atoms with Gasteiger partial charge in [-0.1, -0.05) is 0 Å². The molecule has 18 heavy (non-hydrogen) atoms. The second kappa shape index (κ2) is 4.35. The topological polar surface area (TPSA) is 64.0 Å². The molecule has 0 bridgehead atoms. The average Bonchev–Trinajstić information content (AvgIpc) is 2.54. The number of fused-ring (bicyclic) bond motifs is 1. The first-order valence-corrected chi connectivity index (χ1v) is 8.07. The van der Waals surface area contributed by atoms with Gasteiger partial charge in [0, 0.05) is 38.0 Å². The summed E-state index contributed by atoms with van der Waals surface area (Å²) in [5, 5.41) is 3.28. The van der Waals surface area contributed by atoms with Crippen LogP contribution in [-0.4, -0.2) is 35.5 Å². The van der Waals surface area contributed by atoms with Crippen LogP contribution in [0.4, 0.5) is 0 Å². The molecule has 1 aliphatic heterocycles. The van der Waals surface area contributed by atoms with Gasteiger partial charge in [0.15, 0.2) is 9.84 Å².